The van der Waals surface area contributed by atoms with Crippen molar-refractivity contribution < 1.29 is 13.2 Å². The predicted molar refractivity (Wildman–Crippen MR) is 117 cm³/mol. The fourth-order valence-corrected chi connectivity index (χ4v) is 4.40. The third-order valence-corrected chi connectivity index (χ3v) is 6.59. The molecule has 0 saturated heterocycles. The van der Waals surface area contributed by atoms with Gasteiger partial charge in [0.25, 0.3) is 5.91 Å². The number of rotatable bonds is 4. The van der Waals surface area contributed by atoms with E-state index in [1.54, 1.807) is 6.08 Å². The van der Waals surface area contributed by atoms with Crippen LogP contribution in [0.2, 0.25) is 5.02 Å². The summed E-state index contributed by atoms with van der Waals surface area (Å²) in [6, 6.07) is 13.8. The van der Waals surface area contributed by atoms with Gasteiger partial charge in [-0.3, -0.25) is 4.79 Å². The number of amides is 1. The number of likely N-dealkylation sites (N-methyl/N-ethyl adjacent to an activating group) is 1. The predicted octanol–water partition coefficient (Wildman–Crippen LogP) is 4.32. The van der Waals surface area contributed by atoms with E-state index in [4.69, 9.17) is 11.6 Å². The first-order valence-electron chi connectivity index (χ1n) is 9.14. The minimum atomic E-state index is -3.67. The van der Waals surface area contributed by atoms with Gasteiger partial charge in [-0.15, -0.1) is 0 Å². The maximum atomic E-state index is 12.8. The van der Waals surface area contributed by atoms with Gasteiger partial charge in [-0.1, -0.05) is 56.6 Å². The molecule has 2 aromatic rings. The number of halogens is 1. The molecular formula is C22H23ClN2O3S. The molecule has 1 heterocycles. The van der Waals surface area contributed by atoms with Gasteiger partial charge < -0.3 is 0 Å². The highest BCUT2D eigenvalue weighted by molar-refractivity contribution is 7.92. The van der Waals surface area contributed by atoms with Crippen LogP contribution >= 0.6 is 11.6 Å². The van der Waals surface area contributed by atoms with Gasteiger partial charge in [-0.2, -0.15) is 5.10 Å². The molecule has 1 aliphatic heterocycles. The van der Waals surface area contributed by atoms with Crippen molar-refractivity contribution in [2.24, 2.45) is 5.10 Å². The minimum absolute atomic E-state index is 0.0222. The molecule has 0 bridgehead atoms. The maximum absolute atomic E-state index is 12.8. The van der Waals surface area contributed by atoms with Crippen molar-refractivity contribution >= 4 is 39.1 Å². The Morgan fingerprint density at radius 1 is 1.03 bits per heavy atom. The Morgan fingerprint density at radius 2 is 1.62 bits per heavy atom. The summed E-state index contributed by atoms with van der Waals surface area (Å²) in [4.78, 5) is 12.7. The van der Waals surface area contributed by atoms with Crippen molar-refractivity contribution in [1.29, 1.82) is 0 Å². The highest BCUT2D eigenvalue weighted by Crippen LogP contribution is 2.25. The van der Waals surface area contributed by atoms with Crippen LogP contribution in [0.5, 0.6) is 0 Å². The van der Waals surface area contributed by atoms with E-state index in [1.807, 2.05) is 24.3 Å². The summed E-state index contributed by atoms with van der Waals surface area (Å²) in [7, 11) is -2.15. The van der Waals surface area contributed by atoms with E-state index in [2.05, 4.69) is 25.9 Å². The van der Waals surface area contributed by atoms with Crippen molar-refractivity contribution in [2.45, 2.75) is 31.1 Å². The molecule has 0 fully saturated rings. The monoisotopic (exact) mass is 430 g/mol. The fraction of sp³-hybridized carbons (Fsp3) is 0.273. The molecule has 0 spiro atoms. The lowest BCUT2D eigenvalue weighted by Gasteiger charge is -2.18. The molecule has 5 nitrogen and oxygen atoms in total. The van der Waals surface area contributed by atoms with Crippen LogP contribution < -0.4 is 0 Å². The van der Waals surface area contributed by atoms with E-state index in [-0.39, 0.29) is 33.3 Å². The number of benzene rings is 2. The lowest BCUT2D eigenvalue weighted by Crippen LogP contribution is -2.20. The second-order valence-electron chi connectivity index (χ2n) is 8.02. The number of hydrogen-bond donors (Lipinski definition) is 0. The first-order valence-corrected chi connectivity index (χ1v) is 11.2. The fourth-order valence-electron chi connectivity index (χ4n) is 2.98. The lowest BCUT2D eigenvalue weighted by molar-refractivity contribution is -0.124. The minimum Gasteiger partial charge on any atom is -0.267 e. The molecule has 3 rings (SSSR count). The second-order valence-corrected chi connectivity index (χ2v) is 10.4. The lowest BCUT2D eigenvalue weighted by atomic mass is 9.86. The summed E-state index contributed by atoms with van der Waals surface area (Å²) in [6.45, 7) is 6.38. The molecule has 29 heavy (non-hydrogen) atoms. The Balaban J connectivity index is 1.92. The number of hydrogen-bond acceptors (Lipinski definition) is 4. The number of sulfone groups is 1. The highest BCUT2D eigenvalue weighted by atomic mass is 35.5. The summed E-state index contributed by atoms with van der Waals surface area (Å²) in [5, 5.41) is 5.78. The topological polar surface area (TPSA) is 66.8 Å². The summed E-state index contributed by atoms with van der Waals surface area (Å²) >= 11 is 5.84. The van der Waals surface area contributed by atoms with E-state index >= 15 is 0 Å². The molecule has 0 unspecified atom stereocenters. The largest absolute Gasteiger partial charge is 0.275 e. The third kappa shape index (κ3) is 4.77. The number of nitrogens with zero attached hydrogens (tertiary/aromatic N) is 2. The zero-order chi connectivity index (χ0) is 21.4. The molecular weight excluding hydrogens is 408 g/mol. The molecule has 0 aromatic heterocycles. The van der Waals surface area contributed by atoms with Crippen LogP contribution in [0.4, 0.5) is 0 Å². The van der Waals surface area contributed by atoms with Crippen LogP contribution in [0.15, 0.2) is 64.1 Å². The molecule has 0 N–H and O–H groups in total. The Bertz CT molecular complexity index is 1090. The van der Waals surface area contributed by atoms with E-state index in [0.29, 0.717) is 5.02 Å². The Kier molecular flexibility index (Phi) is 5.70. The summed E-state index contributed by atoms with van der Waals surface area (Å²) in [6.07, 6.45) is 1.69. The molecule has 7 heteroatoms. The molecule has 1 amide bonds. The smallest absolute Gasteiger partial charge is 0.267 e. The van der Waals surface area contributed by atoms with E-state index in [9.17, 15) is 13.2 Å². The normalized spacial score (nSPS) is 16.4. The van der Waals surface area contributed by atoms with Crippen LogP contribution in [0.3, 0.4) is 0 Å². The van der Waals surface area contributed by atoms with Crippen molar-refractivity contribution in [3.8, 4) is 0 Å². The standard InChI is InChI=1S/C22H23ClN2O3S/c1-22(2,3)16-7-5-15(6-8-16)13-19-20(24-25(4)21(19)26)14-29(27,28)18-11-9-17(23)10-12-18/h5-13H,14H2,1-4H3. The summed E-state index contributed by atoms with van der Waals surface area (Å²) < 4.78 is 25.6. The van der Waals surface area contributed by atoms with Gasteiger partial charge in [0.05, 0.1) is 21.9 Å². The summed E-state index contributed by atoms with van der Waals surface area (Å²) in [5.41, 5.74) is 2.52. The molecule has 0 aliphatic carbocycles. The Hall–Kier alpha value is -2.44. The van der Waals surface area contributed by atoms with Crippen LogP contribution in [-0.4, -0.2) is 37.8 Å². The van der Waals surface area contributed by atoms with Gasteiger partial charge in [0.2, 0.25) is 0 Å². The van der Waals surface area contributed by atoms with Gasteiger partial charge in [-0.25, -0.2) is 13.4 Å². The van der Waals surface area contributed by atoms with Gasteiger partial charge in [0.15, 0.2) is 9.84 Å². The highest BCUT2D eigenvalue weighted by Gasteiger charge is 2.31. The number of carbonyl (C=O) groups is 1. The Morgan fingerprint density at radius 3 is 2.17 bits per heavy atom. The van der Waals surface area contributed by atoms with Crippen LogP contribution in [0.25, 0.3) is 6.08 Å². The Labute approximate surface area is 176 Å². The van der Waals surface area contributed by atoms with Gasteiger partial charge >= 0.3 is 0 Å². The average molecular weight is 431 g/mol. The molecule has 0 saturated carbocycles. The van der Waals surface area contributed by atoms with Gasteiger partial charge in [0, 0.05) is 12.1 Å². The van der Waals surface area contributed by atoms with Gasteiger partial charge in [-0.05, 0) is 46.9 Å². The quantitative estimate of drug-likeness (QED) is 0.678. The van der Waals surface area contributed by atoms with Crippen LogP contribution in [-0.2, 0) is 20.0 Å². The van der Waals surface area contributed by atoms with Crippen molar-refractivity contribution in [1.82, 2.24) is 5.01 Å². The number of hydrazone groups is 1. The van der Waals surface area contributed by atoms with Crippen molar-refractivity contribution in [3.63, 3.8) is 0 Å². The van der Waals surface area contributed by atoms with Crippen LogP contribution in [0.1, 0.15) is 31.9 Å². The number of carbonyl (C=O) groups excluding carboxylic acids is 1. The van der Waals surface area contributed by atoms with E-state index < -0.39 is 9.84 Å². The van der Waals surface area contributed by atoms with E-state index in [1.165, 1.54) is 41.9 Å². The average Bonchev–Trinajstić information content (AvgIpc) is 2.89. The van der Waals surface area contributed by atoms with Crippen molar-refractivity contribution in [3.05, 3.63) is 70.3 Å². The molecule has 2 aromatic carbocycles. The molecule has 152 valence electrons. The first kappa shape index (κ1) is 21.3. The maximum Gasteiger partial charge on any atom is 0.275 e. The molecule has 0 radical (unpaired) electrons. The third-order valence-electron chi connectivity index (χ3n) is 4.69. The van der Waals surface area contributed by atoms with Crippen molar-refractivity contribution in [2.75, 3.05) is 12.8 Å². The first-order chi connectivity index (χ1) is 13.5. The zero-order valence-electron chi connectivity index (χ0n) is 16.8. The molecule has 1 aliphatic rings. The molecule has 0 atom stereocenters. The van der Waals surface area contributed by atoms with Gasteiger partial charge in [0.1, 0.15) is 0 Å². The van der Waals surface area contributed by atoms with Crippen LogP contribution in [0, 0.1) is 0 Å². The summed E-state index contributed by atoms with van der Waals surface area (Å²) in [5.74, 6) is -0.692. The van der Waals surface area contributed by atoms with E-state index in [0.717, 1.165) is 5.56 Å². The zero-order valence-corrected chi connectivity index (χ0v) is 18.4. The second kappa shape index (κ2) is 7.76. The SMILES string of the molecule is CN1N=C(CS(=O)(=O)c2ccc(Cl)cc2)C(=Cc2ccc(C(C)(C)C)cc2)C1=O.